The van der Waals surface area contributed by atoms with Gasteiger partial charge in [0.05, 0.1) is 40.7 Å². The Morgan fingerprint density at radius 2 is 1.92 bits per heavy atom. The van der Waals surface area contributed by atoms with Crippen molar-refractivity contribution in [2.75, 3.05) is 40.4 Å². The topological polar surface area (TPSA) is 168 Å². The van der Waals surface area contributed by atoms with E-state index in [-0.39, 0.29) is 43.4 Å². The van der Waals surface area contributed by atoms with Gasteiger partial charge < -0.3 is 29.2 Å². The maximum absolute atomic E-state index is 14.6. The molecular weight excluding hydrogens is 845 g/mol. The number of thiazole rings is 1. The number of hydrogen-bond acceptors (Lipinski definition) is 11. The van der Waals surface area contributed by atoms with Crippen LogP contribution in [0.1, 0.15) is 90.1 Å². The molecule has 0 spiro atoms. The van der Waals surface area contributed by atoms with Gasteiger partial charge in [-0.3, -0.25) is 34.0 Å². The number of carbonyl (C=O) groups excluding carboxylic acids is 5. The molecule has 2 saturated heterocycles. The Bertz CT molecular complexity index is 2520. The summed E-state index contributed by atoms with van der Waals surface area (Å²) in [6, 6.07) is 7.60. The van der Waals surface area contributed by atoms with Crippen molar-refractivity contribution in [1.82, 2.24) is 40.1 Å². The highest BCUT2D eigenvalue weighted by Crippen LogP contribution is 2.42. The molecule has 1 unspecified atom stereocenters. The number of aryl methyl sites for hydroxylation is 1. The zero-order valence-corrected chi connectivity index (χ0v) is 39.8. The number of cyclic esters (lactones) is 1. The molecule has 3 aromatic heterocycles. The first-order valence-corrected chi connectivity index (χ1v) is 23.5. The third-order valence-electron chi connectivity index (χ3n) is 12.9. The first-order valence-electron chi connectivity index (χ1n) is 22.7. The number of nitrogens with zero attached hydrogens (tertiary/aromatic N) is 6. The monoisotopic (exact) mass is 906 g/mol. The van der Waals surface area contributed by atoms with Gasteiger partial charge in [-0.05, 0) is 88.1 Å². The van der Waals surface area contributed by atoms with Crippen molar-refractivity contribution in [2.24, 2.45) is 17.3 Å². The summed E-state index contributed by atoms with van der Waals surface area (Å²) in [5.74, 6) is 2.40. The standard InChI is InChI=1S/C49H62N8O7S/c1-10-14-41(58)55-22-19-32(26-55)46(60)54(8)43(29(3)4)45(59)52-37-24-40-51-38(27-65-40)31-17-18-39-34(23-31)35(44(56(39)11-2)33-15-12-20-50-42(33)30(5)63-9)25-49(6,7)28-64-48(62)36-16-13-21-57(53-36)47(37)61/h12,15,17-18,20,23,27,29-30,32,36-37,43,53H,11,13,16,19,21-22,24-26,28H2,1-9H3,(H,52,59)/t30-,32+,36-,37-,43?/m0/s1. The van der Waals surface area contributed by atoms with Crippen LogP contribution in [0.25, 0.3) is 33.4 Å². The number of aromatic nitrogens is 3. The van der Waals surface area contributed by atoms with Crippen molar-refractivity contribution < 1.29 is 33.4 Å². The fourth-order valence-electron chi connectivity index (χ4n) is 9.50. The minimum atomic E-state index is -1.09. The molecule has 5 atom stereocenters. The van der Waals surface area contributed by atoms with Crippen LogP contribution in [0.3, 0.4) is 0 Å². The smallest absolute Gasteiger partial charge is 0.324 e. The number of ether oxygens (including phenoxy) is 2. The molecule has 0 aliphatic carbocycles. The first kappa shape index (κ1) is 47.3. The van der Waals surface area contributed by atoms with Crippen LogP contribution in [0, 0.1) is 29.1 Å². The molecule has 1 aromatic carbocycles. The summed E-state index contributed by atoms with van der Waals surface area (Å²) >= 11 is 1.40. The molecule has 346 valence electrons. The minimum absolute atomic E-state index is 0.0721. The Kier molecular flexibility index (Phi) is 14.5. The highest BCUT2D eigenvalue weighted by Gasteiger charge is 2.40. The van der Waals surface area contributed by atoms with E-state index >= 15 is 0 Å². The van der Waals surface area contributed by atoms with Gasteiger partial charge in [-0.2, -0.15) is 0 Å². The highest BCUT2D eigenvalue weighted by atomic mass is 32.1. The number of carbonyl (C=O) groups is 5. The van der Waals surface area contributed by atoms with Crippen LogP contribution in [0.5, 0.6) is 0 Å². The predicted octanol–water partition coefficient (Wildman–Crippen LogP) is 5.56. The van der Waals surface area contributed by atoms with Gasteiger partial charge in [-0.15, -0.1) is 11.3 Å². The van der Waals surface area contributed by atoms with Gasteiger partial charge in [0.15, 0.2) is 0 Å². The summed E-state index contributed by atoms with van der Waals surface area (Å²) in [6.07, 6.45) is 3.64. The molecule has 4 amide bonds. The lowest BCUT2D eigenvalue weighted by molar-refractivity contribution is -0.155. The Balaban J connectivity index is 1.26. The zero-order chi connectivity index (χ0) is 46.7. The quantitative estimate of drug-likeness (QED) is 0.160. The molecule has 0 radical (unpaired) electrons. The van der Waals surface area contributed by atoms with E-state index in [4.69, 9.17) is 19.4 Å². The molecule has 2 N–H and O–H groups in total. The Morgan fingerprint density at radius 1 is 1.14 bits per heavy atom. The van der Waals surface area contributed by atoms with Gasteiger partial charge in [-0.1, -0.05) is 39.7 Å². The zero-order valence-electron chi connectivity index (χ0n) is 39.0. The van der Waals surface area contributed by atoms with E-state index in [1.54, 1.807) is 32.2 Å². The van der Waals surface area contributed by atoms with Crippen LogP contribution in [-0.4, -0.2) is 117 Å². The van der Waals surface area contributed by atoms with E-state index in [1.807, 2.05) is 32.2 Å². The second-order valence-electron chi connectivity index (χ2n) is 18.5. The van der Waals surface area contributed by atoms with E-state index in [2.05, 4.69) is 72.2 Å². The molecular formula is C49H62N8O7S. The van der Waals surface area contributed by atoms with Crippen LogP contribution in [0.15, 0.2) is 41.9 Å². The molecule has 3 aliphatic heterocycles. The maximum Gasteiger partial charge on any atom is 0.324 e. The van der Waals surface area contributed by atoms with Crippen molar-refractivity contribution in [3.63, 3.8) is 0 Å². The Morgan fingerprint density at radius 3 is 2.65 bits per heavy atom. The van der Waals surface area contributed by atoms with E-state index in [9.17, 15) is 24.0 Å². The highest BCUT2D eigenvalue weighted by molar-refractivity contribution is 7.10. The summed E-state index contributed by atoms with van der Waals surface area (Å²) in [4.78, 5) is 82.2. The molecule has 0 saturated carbocycles. The van der Waals surface area contributed by atoms with Crippen LogP contribution in [0.4, 0.5) is 0 Å². The third kappa shape index (κ3) is 9.97. The number of rotatable bonds is 9. The van der Waals surface area contributed by atoms with Crippen LogP contribution >= 0.6 is 11.3 Å². The number of pyridine rings is 1. The number of likely N-dealkylation sites (tertiary alicyclic amines) is 1. The van der Waals surface area contributed by atoms with Gasteiger partial charge >= 0.3 is 5.97 Å². The molecule has 4 aromatic rings. The number of amides is 4. The van der Waals surface area contributed by atoms with Gasteiger partial charge in [0.2, 0.25) is 11.8 Å². The molecule has 6 bridgehead atoms. The molecule has 7 rings (SSSR count). The second kappa shape index (κ2) is 19.9. The number of likely N-dealkylation sites (N-methyl/N-ethyl adjacent to an activating group) is 1. The molecule has 15 nitrogen and oxygen atoms in total. The molecule has 6 heterocycles. The second-order valence-corrected chi connectivity index (χ2v) is 19.5. The van der Waals surface area contributed by atoms with Gasteiger partial charge in [0, 0.05) is 85.8 Å². The number of hydrogen-bond donors (Lipinski definition) is 2. The van der Waals surface area contributed by atoms with Crippen molar-refractivity contribution in [1.29, 1.82) is 0 Å². The number of hydrazine groups is 1. The van der Waals surface area contributed by atoms with E-state index < -0.39 is 47.2 Å². The van der Waals surface area contributed by atoms with Crippen molar-refractivity contribution in [3.8, 4) is 34.4 Å². The van der Waals surface area contributed by atoms with Crippen LogP contribution in [-0.2, 0) is 52.8 Å². The number of nitrogens with one attached hydrogen (secondary N) is 2. The fraction of sp³-hybridized carbons (Fsp3) is 0.531. The number of esters is 1. The van der Waals surface area contributed by atoms with Gasteiger partial charge in [-0.25, -0.2) is 10.4 Å². The van der Waals surface area contributed by atoms with E-state index in [0.29, 0.717) is 50.3 Å². The lowest BCUT2D eigenvalue weighted by Crippen LogP contribution is -2.62. The number of methoxy groups -OCH3 is 1. The van der Waals surface area contributed by atoms with Crippen molar-refractivity contribution >= 4 is 51.8 Å². The summed E-state index contributed by atoms with van der Waals surface area (Å²) in [6.45, 7) is 15.4. The van der Waals surface area contributed by atoms with E-state index in [1.165, 1.54) is 21.2 Å². The lowest BCUT2D eigenvalue weighted by atomic mass is 9.84. The SMILES string of the molecule is CC#CC(=O)N1CC[C@@H](C(=O)N(C)C(C(=O)N[C@H]2Cc3nc(cs3)-c3ccc4c(c3)c(c(-c3cccnc3[C@H](C)OC)n4CC)CC(C)(C)COC(=O)[C@@H]3CCCN(N3)C2=O)C(C)C)C1. The summed E-state index contributed by atoms with van der Waals surface area (Å²) in [5.41, 5.74) is 9.24. The molecule has 2 fully saturated rings. The molecule has 3 aliphatic rings. The van der Waals surface area contributed by atoms with Crippen molar-refractivity contribution in [3.05, 3.63) is 58.2 Å². The predicted molar refractivity (Wildman–Crippen MR) is 249 cm³/mol. The largest absolute Gasteiger partial charge is 0.464 e. The fourth-order valence-corrected chi connectivity index (χ4v) is 10.4. The molecule has 65 heavy (non-hydrogen) atoms. The summed E-state index contributed by atoms with van der Waals surface area (Å²) < 4.78 is 14.2. The third-order valence-corrected chi connectivity index (χ3v) is 13.7. The van der Waals surface area contributed by atoms with Crippen molar-refractivity contribution in [2.45, 2.75) is 111 Å². The number of benzene rings is 1. The molecule has 16 heteroatoms. The average Bonchev–Trinajstić information content (AvgIpc) is 4.05. The Hall–Kier alpha value is -5.63. The minimum Gasteiger partial charge on any atom is -0.464 e. The maximum atomic E-state index is 14.6. The van der Waals surface area contributed by atoms with Crippen LogP contribution < -0.4 is 10.7 Å². The van der Waals surface area contributed by atoms with Crippen LogP contribution in [0.2, 0.25) is 0 Å². The lowest BCUT2D eigenvalue weighted by Gasteiger charge is -2.36. The van der Waals surface area contributed by atoms with Gasteiger partial charge in [0.25, 0.3) is 11.8 Å². The van der Waals surface area contributed by atoms with E-state index in [0.717, 1.165) is 44.7 Å². The normalized spacial score (nSPS) is 21.0. The van der Waals surface area contributed by atoms with Gasteiger partial charge in [0.1, 0.15) is 18.1 Å². The first-order chi connectivity index (χ1) is 31.0. The Labute approximate surface area is 385 Å². The summed E-state index contributed by atoms with van der Waals surface area (Å²) in [5, 5.41) is 8.08. The average molecular weight is 907 g/mol. The summed E-state index contributed by atoms with van der Waals surface area (Å²) in [7, 11) is 3.28. The number of fused-ring (bicyclic) bond motifs is 6.